The number of nitrogens with zero attached hydrogens (tertiary/aromatic N) is 4. The summed E-state index contributed by atoms with van der Waals surface area (Å²) in [4.78, 5) is 83.7. The number of hydroxylamine groups is 8. The zero-order chi connectivity index (χ0) is 72.2. The lowest BCUT2D eigenvalue weighted by molar-refractivity contribution is -0.261. The molecule has 0 spiro atoms. The van der Waals surface area contributed by atoms with Crippen LogP contribution in [0.2, 0.25) is 0 Å². The van der Waals surface area contributed by atoms with E-state index >= 15 is 0 Å². The second-order valence-corrected chi connectivity index (χ2v) is 32.9. The first-order valence-electron chi connectivity index (χ1n) is 36.1. The summed E-state index contributed by atoms with van der Waals surface area (Å²) in [6.07, 6.45) is 8.76. The molecule has 8 N–H and O–H groups in total. The number of rotatable bonds is 41. The van der Waals surface area contributed by atoms with Crippen molar-refractivity contribution in [3.05, 3.63) is 0 Å². The molecule has 0 saturated carbocycles. The summed E-state index contributed by atoms with van der Waals surface area (Å²) in [6, 6.07) is 0. The van der Waals surface area contributed by atoms with Crippen LogP contribution in [-0.2, 0) is 76.1 Å². The van der Waals surface area contributed by atoms with Crippen LogP contribution in [0, 0.1) is 10.8 Å². The topological polar surface area (TPSA) is 299 Å². The van der Waals surface area contributed by atoms with Crippen LogP contribution in [0.25, 0.3) is 0 Å². The van der Waals surface area contributed by atoms with E-state index in [2.05, 4.69) is 0 Å². The first-order chi connectivity index (χ1) is 44.6. The zero-order valence-electron chi connectivity index (χ0n) is 62.7. The Balaban J connectivity index is 1.35. The molecule has 24 heteroatoms. The summed E-state index contributed by atoms with van der Waals surface area (Å²) < 4.78 is 59.8. The van der Waals surface area contributed by atoms with Gasteiger partial charge in [-0.05, 0) is 201 Å². The molecule has 4 saturated heterocycles. The number of hydrogen-bond acceptors (Lipinski definition) is 20. The summed E-state index contributed by atoms with van der Waals surface area (Å²) in [7, 11) is 0. The van der Waals surface area contributed by atoms with Crippen LogP contribution in [0.3, 0.4) is 0 Å². The zero-order valence-corrected chi connectivity index (χ0v) is 62.7. The molecule has 0 radical (unpaired) electrons. The Morgan fingerprint density at radius 1 is 0.302 bits per heavy atom. The van der Waals surface area contributed by atoms with Crippen LogP contribution >= 0.6 is 0 Å². The standard InChI is InChI=1S/C72H130N4O20/c1-19-21-31-71(59(79)93-41-25-37-87-53-45-63(3,4)73(83)64(5,6)46-53,60(80)94-42-26-38-88-54-47-65(7,8)74(84)66(9,10)48-54)33-23-35-91-57(77)29-30-58(78)92-36-24-34-72(32-22-20-2,61(81)95-43-27-39-89-55-49-67(11,12)75(85)68(13,14)50-55)62(82)96-44-28-40-90-56-51-69(15,16)76(86)70(17,18)52-56/h53-56,83-86H,19-52H2,1-18H3/p+4. The van der Waals surface area contributed by atoms with Gasteiger partial charge in [0.2, 0.25) is 0 Å². The van der Waals surface area contributed by atoms with Gasteiger partial charge in [-0.15, -0.1) is 0 Å². The largest absolute Gasteiger partial charge is 0.466 e. The fourth-order valence-corrected chi connectivity index (χ4v) is 15.3. The Morgan fingerprint density at radius 2 is 0.490 bits per heavy atom. The highest BCUT2D eigenvalue weighted by atomic mass is 16.6. The molecule has 0 amide bonds. The minimum absolute atomic E-state index is 0.00182. The number of carbonyl (C=O) groups excluding carboxylic acids is 6. The lowest BCUT2D eigenvalue weighted by atomic mass is 9.78. The van der Waals surface area contributed by atoms with Gasteiger partial charge in [-0.1, -0.05) is 59.8 Å². The Labute approximate surface area is 575 Å². The molecular weight excluding hydrogens is 1240 g/mol. The van der Waals surface area contributed by atoms with E-state index in [4.69, 9.17) is 68.2 Å². The van der Waals surface area contributed by atoms with Crippen molar-refractivity contribution in [3.8, 4) is 0 Å². The molecule has 4 heterocycles. The van der Waals surface area contributed by atoms with Crippen LogP contribution < -0.4 is 0 Å². The number of esters is 6. The molecular formula is C72H134N4O20+4. The van der Waals surface area contributed by atoms with Gasteiger partial charge in [-0.25, -0.2) is 0 Å². The van der Waals surface area contributed by atoms with E-state index in [0.29, 0.717) is 129 Å². The average Bonchev–Trinajstić information content (AvgIpc) is 0.813. The third kappa shape index (κ3) is 24.6. The molecule has 4 rings (SSSR count). The van der Waals surface area contributed by atoms with E-state index in [0.717, 1.165) is 0 Å². The average molecular weight is 1380 g/mol. The van der Waals surface area contributed by atoms with E-state index in [-0.39, 0.29) is 115 Å². The van der Waals surface area contributed by atoms with Gasteiger partial charge in [0.1, 0.15) is 0 Å². The molecule has 558 valence electrons. The summed E-state index contributed by atoms with van der Waals surface area (Å²) >= 11 is 0. The van der Waals surface area contributed by atoms with Crippen molar-refractivity contribution in [2.45, 2.75) is 347 Å². The Bertz CT molecular complexity index is 2080. The molecule has 4 aliphatic heterocycles. The minimum atomic E-state index is -1.70. The van der Waals surface area contributed by atoms with Gasteiger partial charge in [-0.2, -0.15) is 0 Å². The van der Waals surface area contributed by atoms with Crippen molar-refractivity contribution in [3.63, 3.8) is 0 Å². The predicted molar refractivity (Wildman–Crippen MR) is 366 cm³/mol. The van der Waals surface area contributed by atoms with Crippen LogP contribution in [0.5, 0.6) is 0 Å². The van der Waals surface area contributed by atoms with Gasteiger partial charge in [0.15, 0.2) is 10.8 Å². The van der Waals surface area contributed by atoms with Gasteiger partial charge in [0.25, 0.3) is 0 Å². The molecule has 0 aromatic carbocycles. The molecule has 0 atom stereocenters. The summed E-state index contributed by atoms with van der Waals surface area (Å²) in [5.74, 6) is -4.27. The number of carbonyl (C=O) groups is 6. The van der Waals surface area contributed by atoms with E-state index in [1.54, 1.807) is 20.3 Å². The van der Waals surface area contributed by atoms with E-state index in [1.807, 2.05) is 125 Å². The first-order valence-corrected chi connectivity index (χ1v) is 36.1. The smallest absolute Gasteiger partial charge is 0.323 e. The van der Waals surface area contributed by atoms with Crippen molar-refractivity contribution in [1.29, 1.82) is 0 Å². The molecule has 0 aromatic heterocycles. The minimum Gasteiger partial charge on any atom is -0.466 e. The third-order valence-electron chi connectivity index (χ3n) is 20.2. The summed E-state index contributed by atoms with van der Waals surface area (Å²) in [5, 5.41) is 41.0. The SMILES string of the molecule is CCCCC(CCCOC(=O)CCC(=O)OCCCC(CCCC)(C(=O)OCCCOC1CC(C)(C)N([OH2+])C(C)(C)C1)C(=O)OCCCOC1CC(C)(C)N([OH2+])C(C)(C)C1)(C(=O)OCCCOC1CC(C)(C)N([OH2+])C(C)(C)C1)C(=O)OCCCOC1CC(C)(C)N([OH2+])C(C)(C)C1. The molecule has 0 unspecified atom stereocenters. The van der Waals surface area contributed by atoms with Crippen molar-refractivity contribution >= 4 is 35.8 Å². The van der Waals surface area contributed by atoms with E-state index in [1.165, 1.54) is 0 Å². The first kappa shape index (κ1) is 84.8. The third-order valence-corrected chi connectivity index (χ3v) is 20.2. The monoisotopic (exact) mass is 1370 g/mol. The van der Waals surface area contributed by atoms with Crippen LogP contribution in [-0.4, -0.2) is 212 Å². The molecule has 96 heavy (non-hydrogen) atoms. The molecule has 0 aliphatic carbocycles. The number of unbranched alkanes of at least 4 members (excludes halogenated alkanes) is 2. The second-order valence-electron chi connectivity index (χ2n) is 32.9. The normalized spacial score (nSPS) is 21.7. The van der Waals surface area contributed by atoms with Crippen molar-refractivity contribution in [2.75, 3.05) is 66.1 Å². The maximum absolute atomic E-state index is 14.3. The highest BCUT2D eigenvalue weighted by Crippen LogP contribution is 2.43. The van der Waals surface area contributed by atoms with Gasteiger partial charge < -0.3 is 68.2 Å². The van der Waals surface area contributed by atoms with Crippen LogP contribution in [0.1, 0.15) is 279 Å². The van der Waals surface area contributed by atoms with Crippen molar-refractivity contribution < 1.29 is 97.0 Å². The summed E-state index contributed by atoms with van der Waals surface area (Å²) in [5.41, 5.74) is -6.52. The number of piperidine rings is 4. The molecule has 4 aliphatic rings. The molecule has 0 aromatic rings. The van der Waals surface area contributed by atoms with E-state index < -0.39 is 91.0 Å². The Hall–Kier alpha value is -3.66. The molecule has 0 bridgehead atoms. The quantitative estimate of drug-likeness (QED) is 0.0181. The van der Waals surface area contributed by atoms with Gasteiger partial charge >= 0.3 is 35.8 Å². The Morgan fingerprint density at radius 3 is 0.688 bits per heavy atom. The fourth-order valence-electron chi connectivity index (χ4n) is 15.3. The van der Waals surface area contributed by atoms with Gasteiger partial charge in [0, 0.05) is 25.7 Å². The highest BCUT2D eigenvalue weighted by Gasteiger charge is 2.54. The predicted octanol–water partition coefficient (Wildman–Crippen LogP) is 9.21. The van der Waals surface area contributed by atoms with Crippen LogP contribution in [0.15, 0.2) is 0 Å². The number of ether oxygens (including phenoxy) is 10. The Kier molecular flexibility index (Phi) is 32.5. The molecule has 24 nitrogen and oxygen atoms in total. The number of hydrogen-bond donors (Lipinski definition) is 0. The second kappa shape index (κ2) is 36.8. The lowest BCUT2D eigenvalue weighted by Gasteiger charge is -2.47. The molecule has 4 fully saturated rings. The fraction of sp³-hybridized carbons (Fsp3) is 0.917. The van der Waals surface area contributed by atoms with Gasteiger partial charge in [-0.3, -0.25) is 28.8 Å². The van der Waals surface area contributed by atoms with E-state index in [9.17, 15) is 28.8 Å². The maximum atomic E-state index is 14.3. The van der Waals surface area contributed by atoms with Crippen LogP contribution in [0.4, 0.5) is 0 Å². The highest BCUT2D eigenvalue weighted by molar-refractivity contribution is 6.00. The maximum Gasteiger partial charge on any atom is 0.323 e. The lowest BCUT2D eigenvalue weighted by Crippen LogP contribution is -2.60. The van der Waals surface area contributed by atoms with Gasteiger partial charge in [0.05, 0.1) is 148 Å². The van der Waals surface area contributed by atoms with Crippen molar-refractivity contribution in [2.24, 2.45) is 10.8 Å². The summed E-state index contributed by atoms with van der Waals surface area (Å²) in [6.45, 7) is 37.3. The van der Waals surface area contributed by atoms with Crippen molar-refractivity contribution in [1.82, 2.24) is 20.3 Å².